The molecule has 1 fully saturated rings. The molecule has 6 rings (SSSR count). The van der Waals surface area contributed by atoms with Crippen molar-refractivity contribution in [2.24, 2.45) is 10.9 Å². The van der Waals surface area contributed by atoms with Crippen LogP contribution in [-0.4, -0.2) is 38.8 Å². The number of rotatable bonds is 6. The van der Waals surface area contributed by atoms with Gasteiger partial charge >= 0.3 is 0 Å². The third kappa shape index (κ3) is 5.87. The van der Waals surface area contributed by atoms with Crippen molar-refractivity contribution in [2.45, 2.75) is 26.4 Å². The molecule has 4 aromatic rings. The molecule has 1 amide bonds. The molecule has 40 heavy (non-hydrogen) atoms. The van der Waals surface area contributed by atoms with Crippen LogP contribution in [-0.2, 0) is 11.4 Å². The van der Waals surface area contributed by atoms with Crippen LogP contribution in [0.1, 0.15) is 30.9 Å². The largest absolute Gasteiger partial charge is 0.489 e. The van der Waals surface area contributed by atoms with Crippen LogP contribution in [0.2, 0.25) is 0 Å². The first-order chi connectivity index (χ1) is 19.5. The monoisotopic (exact) mass is 552 g/mol. The smallest absolute Gasteiger partial charge is 0.286 e. The normalized spacial score (nSPS) is 18.3. The van der Waals surface area contributed by atoms with Crippen LogP contribution in [0.3, 0.4) is 0 Å². The van der Waals surface area contributed by atoms with Crippen LogP contribution in [0.15, 0.2) is 95.0 Å². The van der Waals surface area contributed by atoms with Gasteiger partial charge in [-0.15, -0.1) is 0 Å². The fourth-order valence-electron chi connectivity index (χ4n) is 4.95. The van der Waals surface area contributed by atoms with Gasteiger partial charge in [0.15, 0.2) is 5.17 Å². The van der Waals surface area contributed by atoms with E-state index in [-0.39, 0.29) is 11.7 Å². The minimum Gasteiger partial charge on any atom is -0.489 e. The van der Waals surface area contributed by atoms with Gasteiger partial charge in [0.1, 0.15) is 23.9 Å². The Bertz CT molecular complexity index is 1580. The number of hydrogen-bond donors (Lipinski definition) is 0. The Hall–Kier alpha value is -4.17. The van der Waals surface area contributed by atoms with Crippen molar-refractivity contribution in [3.05, 3.63) is 107 Å². The molecular formula is C32H29FN4O2S. The van der Waals surface area contributed by atoms with E-state index in [0.717, 1.165) is 52.7 Å². The number of aliphatic imine (C=N–C) groups is 1. The van der Waals surface area contributed by atoms with Gasteiger partial charge in [-0.25, -0.2) is 9.07 Å². The van der Waals surface area contributed by atoms with E-state index >= 15 is 0 Å². The highest BCUT2D eigenvalue weighted by Gasteiger charge is 2.29. The topological polar surface area (TPSA) is 59.7 Å². The van der Waals surface area contributed by atoms with Gasteiger partial charge < -0.3 is 9.64 Å². The minimum atomic E-state index is -0.275. The summed E-state index contributed by atoms with van der Waals surface area (Å²) >= 11 is 1.44. The van der Waals surface area contributed by atoms with E-state index in [1.807, 2.05) is 71.6 Å². The van der Waals surface area contributed by atoms with Crippen molar-refractivity contribution in [1.29, 1.82) is 0 Å². The zero-order valence-corrected chi connectivity index (χ0v) is 23.0. The van der Waals surface area contributed by atoms with Crippen molar-refractivity contribution >= 4 is 28.9 Å². The van der Waals surface area contributed by atoms with Crippen molar-refractivity contribution in [3.63, 3.8) is 0 Å². The number of amides is 1. The first-order valence-electron chi connectivity index (χ1n) is 13.4. The number of ether oxygens (including phenoxy) is 1. The van der Waals surface area contributed by atoms with Gasteiger partial charge in [-0.2, -0.15) is 10.1 Å². The first-order valence-corrected chi connectivity index (χ1v) is 14.2. The number of halogens is 1. The second kappa shape index (κ2) is 11.5. The maximum Gasteiger partial charge on any atom is 0.286 e. The van der Waals surface area contributed by atoms with Crippen LogP contribution in [0.25, 0.3) is 23.0 Å². The van der Waals surface area contributed by atoms with Crippen LogP contribution < -0.4 is 4.74 Å². The molecule has 0 N–H and O–H groups in total. The minimum absolute atomic E-state index is 0.215. The fourth-order valence-corrected chi connectivity index (χ4v) is 5.89. The molecule has 0 bridgehead atoms. The maximum atomic E-state index is 13.3. The lowest BCUT2D eigenvalue weighted by atomic mass is 10.0. The molecule has 2 aliphatic rings. The van der Waals surface area contributed by atoms with Gasteiger partial charge in [0.2, 0.25) is 0 Å². The van der Waals surface area contributed by atoms with Gasteiger partial charge in [-0.05, 0) is 78.6 Å². The van der Waals surface area contributed by atoms with E-state index in [2.05, 4.69) is 16.8 Å². The number of para-hydroxylation sites is 1. The lowest BCUT2D eigenvalue weighted by Crippen LogP contribution is -2.37. The molecule has 0 radical (unpaired) electrons. The van der Waals surface area contributed by atoms with Gasteiger partial charge in [-0.3, -0.25) is 4.79 Å². The predicted molar refractivity (Wildman–Crippen MR) is 158 cm³/mol. The third-order valence-electron chi connectivity index (χ3n) is 7.01. The van der Waals surface area contributed by atoms with Crippen molar-refractivity contribution in [2.75, 3.05) is 13.1 Å². The zero-order valence-electron chi connectivity index (χ0n) is 22.2. The van der Waals surface area contributed by atoms with E-state index in [0.29, 0.717) is 23.2 Å². The molecule has 3 aromatic carbocycles. The number of thioether (sulfide) groups is 1. The molecule has 0 aliphatic carbocycles. The lowest BCUT2D eigenvalue weighted by molar-refractivity contribution is -0.113. The van der Waals surface area contributed by atoms with Gasteiger partial charge in [-0.1, -0.05) is 49.4 Å². The molecule has 1 atom stereocenters. The van der Waals surface area contributed by atoms with E-state index < -0.39 is 0 Å². The number of likely N-dealkylation sites (tertiary alicyclic amines) is 1. The van der Waals surface area contributed by atoms with Gasteiger partial charge in [0.25, 0.3) is 5.91 Å². The average Bonchev–Trinajstić information content (AvgIpc) is 3.57. The number of amidine groups is 1. The summed E-state index contributed by atoms with van der Waals surface area (Å²) in [6.45, 7) is 4.42. The third-order valence-corrected chi connectivity index (χ3v) is 8.06. The zero-order chi connectivity index (χ0) is 27.5. The molecule has 1 unspecified atom stereocenters. The number of nitrogens with zero attached hydrogens (tertiary/aromatic N) is 4. The molecule has 1 saturated heterocycles. The number of carbonyl (C=O) groups is 1. The standard InChI is InChI=1S/C32H29FN4O2S/c1-22-7-6-16-36(19-22)32-34-31(38)29(40-32)18-25-20-37(27-9-3-2-4-10-27)35-30(25)24-8-5-11-28(17-24)39-21-23-12-14-26(33)15-13-23/h2-5,8-15,17-18,20,22H,6-7,16,19,21H2,1H3. The molecule has 0 saturated carbocycles. The van der Waals surface area contributed by atoms with Crippen LogP contribution in [0.5, 0.6) is 5.75 Å². The number of aromatic nitrogens is 2. The SMILES string of the molecule is CC1CCCN(C2=NC(=O)C(=Cc3cn(-c4ccccc4)nc3-c3cccc(OCc4ccc(F)cc4)c3)S2)C1. The second-order valence-corrected chi connectivity index (χ2v) is 11.2. The summed E-state index contributed by atoms with van der Waals surface area (Å²) in [6, 6.07) is 23.9. The Morgan fingerprint density at radius 1 is 1.07 bits per heavy atom. The van der Waals surface area contributed by atoms with Crippen LogP contribution in [0.4, 0.5) is 4.39 Å². The predicted octanol–water partition coefficient (Wildman–Crippen LogP) is 6.96. The molecule has 1 aromatic heterocycles. The fraction of sp³-hybridized carbons (Fsp3) is 0.219. The molecule has 6 nitrogen and oxygen atoms in total. The molecule has 2 aliphatic heterocycles. The van der Waals surface area contributed by atoms with Crippen molar-refractivity contribution in [3.8, 4) is 22.7 Å². The Morgan fingerprint density at radius 3 is 2.70 bits per heavy atom. The van der Waals surface area contributed by atoms with E-state index in [1.165, 1.54) is 30.3 Å². The lowest BCUT2D eigenvalue weighted by Gasteiger charge is -2.31. The summed E-state index contributed by atoms with van der Waals surface area (Å²) in [5.74, 6) is 0.774. The molecular weight excluding hydrogens is 523 g/mol. The summed E-state index contributed by atoms with van der Waals surface area (Å²) in [7, 11) is 0. The summed E-state index contributed by atoms with van der Waals surface area (Å²) in [5, 5.41) is 5.70. The Morgan fingerprint density at radius 2 is 1.90 bits per heavy atom. The van der Waals surface area contributed by atoms with E-state index in [4.69, 9.17) is 9.84 Å². The molecule has 202 valence electrons. The highest BCUT2D eigenvalue weighted by molar-refractivity contribution is 8.18. The van der Waals surface area contributed by atoms with Crippen LogP contribution >= 0.6 is 11.8 Å². The highest BCUT2D eigenvalue weighted by Crippen LogP contribution is 2.35. The molecule has 3 heterocycles. The Labute approximate surface area is 237 Å². The number of carbonyl (C=O) groups excluding carboxylic acids is 1. The summed E-state index contributed by atoms with van der Waals surface area (Å²) in [5.41, 5.74) is 4.21. The van der Waals surface area contributed by atoms with Gasteiger partial charge in [0, 0.05) is 30.4 Å². The Balaban J connectivity index is 1.30. The van der Waals surface area contributed by atoms with E-state index in [9.17, 15) is 9.18 Å². The Kier molecular flexibility index (Phi) is 7.51. The van der Waals surface area contributed by atoms with Crippen molar-refractivity contribution in [1.82, 2.24) is 14.7 Å². The maximum absolute atomic E-state index is 13.3. The van der Waals surface area contributed by atoms with Gasteiger partial charge in [0.05, 0.1) is 10.6 Å². The quantitative estimate of drug-likeness (QED) is 0.242. The van der Waals surface area contributed by atoms with E-state index in [1.54, 1.807) is 12.1 Å². The number of piperidine rings is 1. The molecule has 0 spiro atoms. The van der Waals surface area contributed by atoms with Crippen LogP contribution in [0, 0.1) is 11.7 Å². The highest BCUT2D eigenvalue weighted by atomic mass is 32.2. The molecule has 8 heteroatoms. The number of hydrogen-bond acceptors (Lipinski definition) is 5. The first kappa shape index (κ1) is 26.1. The average molecular weight is 553 g/mol. The summed E-state index contributed by atoms with van der Waals surface area (Å²) < 4.78 is 21.1. The summed E-state index contributed by atoms with van der Waals surface area (Å²) in [6.07, 6.45) is 6.16. The second-order valence-electron chi connectivity index (χ2n) is 10.2. The summed E-state index contributed by atoms with van der Waals surface area (Å²) in [4.78, 5) is 20.2. The number of benzene rings is 3. The van der Waals surface area contributed by atoms with Crippen molar-refractivity contribution < 1.29 is 13.9 Å².